The highest BCUT2D eigenvalue weighted by Gasteiger charge is 2.08. The molecular formula is C10H15NO. The zero-order valence-corrected chi connectivity index (χ0v) is 7.79. The standard InChI is InChI=1S/C10H15NO/c1-7-5-4-6-9(12-3)10(7)8(2)11/h4-6,8H,11H2,1-3H3. The quantitative estimate of drug-likeness (QED) is 0.727. The molecule has 66 valence electrons. The average molecular weight is 165 g/mol. The summed E-state index contributed by atoms with van der Waals surface area (Å²) in [5, 5.41) is 0. The van der Waals surface area contributed by atoms with Gasteiger partial charge in [-0.2, -0.15) is 0 Å². The second-order valence-corrected chi connectivity index (χ2v) is 2.98. The smallest absolute Gasteiger partial charge is 0.123 e. The Morgan fingerprint density at radius 2 is 2.08 bits per heavy atom. The summed E-state index contributed by atoms with van der Waals surface area (Å²) >= 11 is 0. The van der Waals surface area contributed by atoms with E-state index in [1.807, 2.05) is 32.0 Å². The zero-order valence-electron chi connectivity index (χ0n) is 7.79. The number of aryl methyl sites for hydroxylation is 1. The van der Waals surface area contributed by atoms with Crippen molar-refractivity contribution in [2.24, 2.45) is 5.73 Å². The Morgan fingerprint density at radius 3 is 2.50 bits per heavy atom. The average Bonchev–Trinajstić information content (AvgIpc) is 2.03. The summed E-state index contributed by atoms with van der Waals surface area (Å²) in [5.74, 6) is 0.880. The Balaban J connectivity index is 3.20. The summed E-state index contributed by atoms with van der Waals surface area (Å²) in [4.78, 5) is 0. The molecule has 0 radical (unpaired) electrons. The van der Waals surface area contributed by atoms with Crippen LogP contribution in [-0.4, -0.2) is 7.11 Å². The summed E-state index contributed by atoms with van der Waals surface area (Å²) in [6.45, 7) is 4.01. The predicted molar refractivity (Wildman–Crippen MR) is 50.3 cm³/mol. The minimum absolute atomic E-state index is 0.0288. The van der Waals surface area contributed by atoms with Crippen LogP contribution in [-0.2, 0) is 0 Å². The van der Waals surface area contributed by atoms with Gasteiger partial charge in [0.15, 0.2) is 0 Å². The molecule has 2 heteroatoms. The number of hydrogen-bond acceptors (Lipinski definition) is 2. The highest BCUT2D eigenvalue weighted by molar-refractivity contribution is 5.41. The first-order valence-electron chi connectivity index (χ1n) is 4.06. The molecule has 0 amide bonds. The van der Waals surface area contributed by atoms with Gasteiger partial charge in [-0.3, -0.25) is 0 Å². The molecule has 1 aromatic carbocycles. The predicted octanol–water partition coefficient (Wildman–Crippen LogP) is 2.02. The molecule has 0 heterocycles. The van der Waals surface area contributed by atoms with Gasteiger partial charge in [0.05, 0.1) is 7.11 Å². The topological polar surface area (TPSA) is 35.2 Å². The highest BCUT2D eigenvalue weighted by atomic mass is 16.5. The number of methoxy groups -OCH3 is 1. The second-order valence-electron chi connectivity index (χ2n) is 2.98. The van der Waals surface area contributed by atoms with E-state index in [4.69, 9.17) is 10.5 Å². The van der Waals surface area contributed by atoms with Gasteiger partial charge in [-0.25, -0.2) is 0 Å². The molecule has 0 spiro atoms. The van der Waals surface area contributed by atoms with Crippen molar-refractivity contribution in [2.75, 3.05) is 7.11 Å². The van der Waals surface area contributed by atoms with Crippen molar-refractivity contribution < 1.29 is 4.74 Å². The highest BCUT2D eigenvalue weighted by Crippen LogP contribution is 2.26. The Labute approximate surface area is 73.3 Å². The lowest BCUT2D eigenvalue weighted by atomic mass is 10.0. The van der Waals surface area contributed by atoms with E-state index in [2.05, 4.69) is 0 Å². The van der Waals surface area contributed by atoms with Gasteiger partial charge in [-0.15, -0.1) is 0 Å². The van der Waals surface area contributed by atoms with Gasteiger partial charge < -0.3 is 10.5 Å². The van der Waals surface area contributed by atoms with Crippen LogP contribution in [0.25, 0.3) is 0 Å². The molecule has 0 aliphatic rings. The van der Waals surface area contributed by atoms with E-state index >= 15 is 0 Å². The molecule has 2 N–H and O–H groups in total. The summed E-state index contributed by atoms with van der Waals surface area (Å²) in [7, 11) is 1.67. The first-order chi connectivity index (χ1) is 5.66. The zero-order chi connectivity index (χ0) is 9.14. The number of nitrogens with two attached hydrogens (primary N) is 1. The normalized spacial score (nSPS) is 12.7. The molecule has 0 bridgehead atoms. The van der Waals surface area contributed by atoms with Gasteiger partial charge in [0.1, 0.15) is 5.75 Å². The Hall–Kier alpha value is -1.02. The van der Waals surface area contributed by atoms with E-state index in [1.165, 1.54) is 5.56 Å². The maximum Gasteiger partial charge on any atom is 0.123 e. The van der Waals surface area contributed by atoms with Crippen molar-refractivity contribution in [3.63, 3.8) is 0 Å². The SMILES string of the molecule is COc1cccc(C)c1C(C)N. The van der Waals surface area contributed by atoms with Crippen LogP contribution in [0.2, 0.25) is 0 Å². The Bertz CT molecular complexity index is 269. The third-order valence-corrected chi connectivity index (χ3v) is 1.96. The molecule has 0 aromatic heterocycles. The van der Waals surface area contributed by atoms with Crippen molar-refractivity contribution in [3.05, 3.63) is 29.3 Å². The Kier molecular flexibility index (Phi) is 2.71. The van der Waals surface area contributed by atoms with Crippen LogP contribution in [0.1, 0.15) is 24.1 Å². The monoisotopic (exact) mass is 165 g/mol. The fourth-order valence-corrected chi connectivity index (χ4v) is 1.42. The lowest BCUT2D eigenvalue weighted by molar-refractivity contribution is 0.406. The van der Waals surface area contributed by atoms with E-state index in [-0.39, 0.29) is 6.04 Å². The van der Waals surface area contributed by atoms with Crippen LogP contribution >= 0.6 is 0 Å². The molecule has 0 saturated heterocycles. The molecule has 0 aliphatic carbocycles. The minimum Gasteiger partial charge on any atom is -0.496 e. The number of hydrogen-bond donors (Lipinski definition) is 1. The molecule has 0 saturated carbocycles. The van der Waals surface area contributed by atoms with E-state index in [1.54, 1.807) is 7.11 Å². The fraction of sp³-hybridized carbons (Fsp3) is 0.400. The molecule has 1 aromatic rings. The Morgan fingerprint density at radius 1 is 1.42 bits per heavy atom. The van der Waals surface area contributed by atoms with Gasteiger partial charge >= 0.3 is 0 Å². The number of ether oxygens (including phenoxy) is 1. The summed E-state index contributed by atoms with van der Waals surface area (Å²) < 4.78 is 5.21. The third kappa shape index (κ3) is 1.59. The molecule has 0 aliphatic heterocycles. The summed E-state index contributed by atoms with van der Waals surface area (Å²) in [5.41, 5.74) is 8.09. The van der Waals surface area contributed by atoms with Crippen LogP contribution < -0.4 is 10.5 Å². The molecular weight excluding hydrogens is 150 g/mol. The van der Waals surface area contributed by atoms with Crippen LogP contribution in [0, 0.1) is 6.92 Å². The van der Waals surface area contributed by atoms with Gasteiger partial charge in [-0.1, -0.05) is 12.1 Å². The van der Waals surface area contributed by atoms with Gasteiger partial charge in [0.25, 0.3) is 0 Å². The van der Waals surface area contributed by atoms with Crippen molar-refractivity contribution in [3.8, 4) is 5.75 Å². The second kappa shape index (κ2) is 3.59. The maximum absolute atomic E-state index is 5.81. The minimum atomic E-state index is 0.0288. The molecule has 12 heavy (non-hydrogen) atoms. The van der Waals surface area contributed by atoms with E-state index in [0.29, 0.717) is 0 Å². The van der Waals surface area contributed by atoms with Crippen LogP contribution in [0.4, 0.5) is 0 Å². The lowest BCUT2D eigenvalue weighted by Gasteiger charge is -2.13. The fourth-order valence-electron chi connectivity index (χ4n) is 1.42. The molecule has 1 rings (SSSR count). The summed E-state index contributed by atoms with van der Waals surface area (Å²) in [6, 6.07) is 5.98. The van der Waals surface area contributed by atoms with Crippen molar-refractivity contribution >= 4 is 0 Å². The van der Waals surface area contributed by atoms with Gasteiger partial charge in [-0.05, 0) is 25.5 Å². The van der Waals surface area contributed by atoms with Gasteiger partial charge in [0.2, 0.25) is 0 Å². The van der Waals surface area contributed by atoms with Crippen LogP contribution in [0.5, 0.6) is 5.75 Å². The molecule has 1 atom stereocenters. The molecule has 0 fully saturated rings. The molecule has 2 nitrogen and oxygen atoms in total. The third-order valence-electron chi connectivity index (χ3n) is 1.96. The first kappa shape index (κ1) is 9.07. The van der Waals surface area contributed by atoms with E-state index in [0.717, 1.165) is 11.3 Å². The summed E-state index contributed by atoms with van der Waals surface area (Å²) in [6.07, 6.45) is 0. The maximum atomic E-state index is 5.81. The van der Waals surface area contributed by atoms with E-state index < -0.39 is 0 Å². The molecule has 1 unspecified atom stereocenters. The van der Waals surface area contributed by atoms with E-state index in [9.17, 15) is 0 Å². The number of benzene rings is 1. The van der Waals surface area contributed by atoms with Crippen molar-refractivity contribution in [1.82, 2.24) is 0 Å². The van der Waals surface area contributed by atoms with Crippen molar-refractivity contribution in [1.29, 1.82) is 0 Å². The lowest BCUT2D eigenvalue weighted by Crippen LogP contribution is -2.08. The van der Waals surface area contributed by atoms with Gasteiger partial charge in [0, 0.05) is 11.6 Å². The van der Waals surface area contributed by atoms with Crippen LogP contribution in [0.3, 0.4) is 0 Å². The largest absolute Gasteiger partial charge is 0.496 e. The van der Waals surface area contributed by atoms with Crippen molar-refractivity contribution in [2.45, 2.75) is 19.9 Å². The number of rotatable bonds is 2. The first-order valence-corrected chi connectivity index (χ1v) is 4.06. The van der Waals surface area contributed by atoms with Crippen LogP contribution in [0.15, 0.2) is 18.2 Å².